The van der Waals surface area contributed by atoms with E-state index in [1.165, 1.54) is 5.56 Å². The van der Waals surface area contributed by atoms with Crippen molar-refractivity contribution in [1.29, 1.82) is 0 Å². The van der Waals surface area contributed by atoms with Gasteiger partial charge in [-0.1, -0.05) is 42.5 Å². The van der Waals surface area contributed by atoms with E-state index in [1.807, 2.05) is 42.5 Å². The molecule has 1 heterocycles. The maximum Gasteiger partial charge on any atom is 0.168 e. The van der Waals surface area contributed by atoms with Gasteiger partial charge in [0.15, 0.2) is 5.78 Å². The van der Waals surface area contributed by atoms with Gasteiger partial charge in [-0.15, -0.1) is 0 Å². The average molecular weight is 335 g/mol. The van der Waals surface area contributed by atoms with E-state index in [0.717, 1.165) is 23.3 Å². The summed E-state index contributed by atoms with van der Waals surface area (Å²) in [6.45, 7) is 7.72. The van der Waals surface area contributed by atoms with E-state index >= 15 is 0 Å². The molecule has 0 spiro atoms. The van der Waals surface area contributed by atoms with E-state index in [2.05, 4.69) is 19.9 Å². The number of benzene rings is 2. The zero-order valence-electron chi connectivity index (χ0n) is 15.3. The van der Waals surface area contributed by atoms with E-state index in [0.29, 0.717) is 5.56 Å². The molecule has 0 aliphatic carbocycles. The summed E-state index contributed by atoms with van der Waals surface area (Å²) in [5.41, 5.74) is 3.38. The molecule has 0 radical (unpaired) electrons. The molecule has 0 aromatic heterocycles. The van der Waals surface area contributed by atoms with Crippen LogP contribution in [0.2, 0.25) is 0 Å². The fourth-order valence-corrected chi connectivity index (χ4v) is 3.32. The molecule has 2 aromatic carbocycles. The van der Waals surface area contributed by atoms with Crippen molar-refractivity contribution < 1.29 is 9.90 Å². The summed E-state index contributed by atoms with van der Waals surface area (Å²) in [5, 5.41) is 10.3. The summed E-state index contributed by atoms with van der Waals surface area (Å²) < 4.78 is 0. The molecule has 25 heavy (non-hydrogen) atoms. The van der Waals surface area contributed by atoms with Crippen LogP contribution >= 0.6 is 0 Å². The van der Waals surface area contributed by atoms with Crippen molar-refractivity contribution in [2.45, 2.75) is 51.7 Å². The number of rotatable bonds is 4. The molecule has 130 valence electrons. The molecule has 0 saturated heterocycles. The lowest BCUT2D eigenvalue weighted by molar-refractivity contribution is 0.0785. The molecule has 0 saturated carbocycles. The molecule has 0 amide bonds. The van der Waals surface area contributed by atoms with Gasteiger partial charge in [0.2, 0.25) is 0 Å². The Morgan fingerprint density at radius 1 is 1.16 bits per heavy atom. The average Bonchev–Trinajstić information content (AvgIpc) is 2.53. The predicted octanol–water partition coefficient (Wildman–Crippen LogP) is 4.31. The highest BCUT2D eigenvalue weighted by molar-refractivity contribution is 6.16. The summed E-state index contributed by atoms with van der Waals surface area (Å²) in [4.78, 5) is 17.5. The number of aliphatic imine (C=N–C) groups is 1. The number of Topliss-reactive ketones (excluding diaryl/α,β-unsaturated/α-hetero) is 1. The van der Waals surface area contributed by atoms with Gasteiger partial charge in [0.25, 0.3) is 0 Å². The molecule has 0 bridgehead atoms. The normalized spacial score (nSPS) is 16.1. The Morgan fingerprint density at radius 2 is 1.84 bits per heavy atom. The van der Waals surface area contributed by atoms with Crippen LogP contribution in [0.4, 0.5) is 0 Å². The first kappa shape index (κ1) is 17.6. The minimum Gasteiger partial charge on any atom is -0.386 e. The van der Waals surface area contributed by atoms with Gasteiger partial charge in [-0.05, 0) is 56.9 Å². The van der Waals surface area contributed by atoms with Crippen LogP contribution in [0.1, 0.15) is 61.2 Å². The molecule has 1 aliphatic heterocycles. The van der Waals surface area contributed by atoms with Gasteiger partial charge in [-0.2, -0.15) is 0 Å². The quantitative estimate of drug-likeness (QED) is 0.846. The lowest BCUT2D eigenvalue weighted by atomic mass is 9.83. The van der Waals surface area contributed by atoms with Crippen molar-refractivity contribution in [1.82, 2.24) is 0 Å². The van der Waals surface area contributed by atoms with Gasteiger partial charge in [0, 0.05) is 5.56 Å². The zero-order chi connectivity index (χ0) is 18.2. The minimum absolute atomic E-state index is 0.0664. The second kappa shape index (κ2) is 6.23. The second-order valence-corrected chi connectivity index (χ2v) is 7.94. The smallest absolute Gasteiger partial charge is 0.168 e. The number of fused-ring (bicyclic) bond motifs is 1. The van der Waals surface area contributed by atoms with E-state index in [-0.39, 0.29) is 17.7 Å². The number of aliphatic hydroxyl groups is 1. The number of ketones is 1. The summed E-state index contributed by atoms with van der Waals surface area (Å²) in [6.07, 6.45) is 1.10. The first-order chi connectivity index (χ1) is 11.7. The highest BCUT2D eigenvalue weighted by Crippen LogP contribution is 2.31. The Kier molecular flexibility index (Phi) is 4.38. The van der Waals surface area contributed by atoms with Crippen LogP contribution in [-0.2, 0) is 12.0 Å². The van der Waals surface area contributed by atoms with Gasteiger partial charge in [0.1, 0.15) is 0 Å². The van der Waals surface area contributed by atoms with E-state index in [4.69, 9.17) is 4.99 Å². The summed E-state index contributed by atoms with van der Waals surface area (Å²) in [6, 6.07) is 15.4. The fourth-order valence-electron chi connectivity index (χ4n) is 3.32. The third-order valence-corrected chi connectivity index (χ3v) is 4.61. The van der Waals surface area contributed by atoms with Crippen molar-refractivity contribution in [2.24, 2.45) is 4.99 Å². The Hall–Kier alpha value is -2.26. The first-order valence-corrected chi connectivity index (χ1v) is 8.69. The monoisotopic (exact) mass is 335 g/mol. The molecule has 3 nitrogen and oxygen atoms in total. The molecule has 1 aliphatic rings. The number of hydrogen-bond donors (Lipinski definition) is 1. The molecule has 3 rings (SSSR count). The topological polar surface area (TPSA) is 49.7 Å². The largest absolute Gasteiger partial charge is 0.386 e. The van der Waals surface area contributed by atoms with Crippen molar-refractivity contribution in [3.05, 3.63) is 70.8 Å². The second-order valence-electron chi connectivity index (χ2n) is 7.94. The highest BCUT2D eigenvalue weighted by atomic mass is 16.3. The number of hydrogen-bond acceptors (Lipinski definition) is 3. The molecule has 1 N–H and O–H groups in total. The lowest BCUT2D eigenvalue weighted by Crippen LogP contribution is -2.30. The highest BCUT2D eigenvalue weighted by Gasteiger charge is 2.29. The van der Waals surface area contributed by atoms with E-state index < -0.39 is 5.60 Å². The maximum absolute atomic E-state index is 12.7. The molecular weight excluding hydrogens is 310 g/mol. The molecule has 0 fully saturated rings. The van der Waals surface area contributed by atoms with Crippen molar-refractivity contribution in [2.75, 3.05) is 0 Å². The standard InChI is InChI=1S/C22H25NO2/c1-21(2)14-16-10-11-17(22(3,4)25)12-18(16)19(23-21)13-20(24)15-8-6-5-7-9-15/h5-12,25H,13-14H2,1-4H3. The molecular formula is C22H25NO2. The number of carbonyl (C=O) groups excluding carboxylic acids is 1. The van der Waals surface area contributed by atoms with E-state index in [9.17, 15) is 9.90 Å². The molecule has 0 unspecified atom stereocenters. The van der Waals surface area contributed by atoms with Gasteiger partial charge in [-0.25, -0.2) is 0 Å². The fraction of sp³-hybridized carbons (Fsp3) is 0.364. The van der Waals surface area contributed by atoms with Gasteiger partial charge in [-0.3, -0.25) is 9.79 Å². The minimum atomic E-state index is -0.920. The summed E-state index contributed by atoms with van der Waals surface area (Å²) in [7, 11) is 0. The lowest BCUT2D eigenvalue weighted by Gasteiger charge is -2.30. The Morgan fingerprint density at radius 3 is 2.48 bits per heavy atom. The third-order valence-electron chi connectivity index (χ3n) is 4.61. The summed E-state index contributed by atoms with van der Waals surface area (Å²) >= 11 is 0. The van der Waals surface area contributed by atoms with Crippen LogP contribution in [0.15, 0.2) is 53.5 Å². The Labute approximate surface area is 149 Å². The molecule has 0 atom stereocenters. The third kappa shape index (κ3) is 3.88. The van der Waals surface area contributed by atoms with Crippen molar-refractivity contribution >= 4 is 11.5 Å². The van der Waals surface area contributed by atoms with Crippen LogP contribution in [0.5, 0.6) is 0 Å². The van der Waals surface area contributed by atoms with Gasteiger partial charge < -0.3 is 5.11 Å². The molecule has 3 heteroatoms. The van der Waals surface area contributed by atoms with Crippen LogP contribution in [-0.4, -0.2) is 22.1 Å². The maximum atomic E-state index is 12.7. The van der Waals surface area contributed by atoms with Gasteiger partial charge >= 0.3 is 0 Å². The summed E-state index contributed by atoms with van der Waals surface area (Å²) in [5.74, 6) is 0.0664. The number of nitrogens with zero attached hydrogens (tertiary/aromatic N) is 1. The molecule has 2 aromatic rings. The van der Waals surface area contributed by atoms with Crippen LogP contribution < -0.4 is 0 Å². The van der Waals surface area contributed by atoms with Crippen LogP contribution in [0.3, 0.4) is 0 Å². The van der Waals surface area contributed by atoms with Gasteiger partial charge in [0.05, 0.1) is 23.3 Å². The number of carbonyl (C=O) groups is 1. The zero-order valence-corrected chi connectivity index (χ0v) is 15.3. The van der Waals surface area contributed by atoms with E-state index in [1.54, 1.807) is 13.8 Å². The predicted molar refractivity (Wildman–Crippen MR) is 101 cm³/mol. The SMILES string of the molecule is CC1(C)Cc2ccc(C(C)(C)O)cc2C(CC(=O)c2ccccc2)=N1. The van der Waals surface area contributed by atoms with Crippen LogP contribution in [0, 0.1) is 0 Å². The van der Waals surface area contributed by atoms with Crippen LogP contribution in [0.25, 0.3) is 0 Å². The van der Waals surface area contributed by atoms with Crippen molar-refractivity contribution in [3.63, 3.8) is 0 Å². The Bertz CT molecular complexity index is 827. The van der Waals surface area contributed by atoms with Crippen molar-refractivity contribution in [3.8, 4) is 0 Å². The Balaban J connectivity index is 2.00. The first-order valence-electron chi connectivity index (χ1n) is 8.69.